The van der Waals surface area contributed by atoms with Crippen LogP contribution in [-0.2, 0) is 0 Å². The Labute approximate surface area is 159 Å². The van der Waals surface area contributed by atoms with Crippen LogP contribution in [0.25, 0.3) is 22.3 Å². The van der Waals surface area contributed by atoms with Crippen LogP contribution in [-0.4, -0.2) is 33.8 Å². The van der Waals surface area contributed by atoms with Gasteiger partial charge in [0.1, 0.15) is 0 Å². The van der Waals surface area contributed by atoms with Crippen LogP contribution in [0.5, 0.6) is 0 Å². The van der Waals surface area contributed by atoms with E-state index < -0.39 is 0 Å². The number of nitrogens with two attached hydrogens (primary N) is 1. The highest BCUT2D eigenvalue weighted by molar-refractivity contribution is 6.06. The van der Waals surface area contributed by atoms with Crippen LogP contribution < -0.4 is 11.1 Å². The number of rotatable bonds is 7. The molecule has 6 heteroatoms. The number of carbonyl (C=O) groups excluding carboxylic acids is 1. The minimum absolute atomic E-state index is 0.0995. The first kappa shape index (κ1) is 19.0. The summed E-state index contributed by atoms with van der Waals surface area (Å²) in [5.41, 5.74) is 9.80. The third kappa shape index (κ3) is 4.01. The second-order valence-electron chi connectivity index (χ2n) is 7.04. The number of amides is 1. The zero-order valence-electron chi connectivity index (χ0n) is 16.2. The minimum atomic E-state index is -0.0995. The van der Waals surface area contributed by atoms with E-state index in [1.165, 1.54) is 0 Å². The summed E-state index contributed by atoms with van der Waals surface area (Å²) in [4.78, 5) is 17.7. The molecule has 0 aliphatic carbocycles. The molecule has 0 fully saturated rings. The Morgan fingerprint density at radius 3 is 2.74 bits per heavy atom. The summed E-state index contributed by atoms with van der Waals surface area (Å²) in [5.74, 6) is -0.0995. The molecular formula is C21H27N5O. The monoisotopic (exact) mass is 365 g/mol. The average molecular weight is 365 g/mol. The van der Waals surface area contributed by atoms with Crippen LogP contribution in [0.4, 0.5) is 0 Å². The highest BCUT2D eigenvalue weighted by Gasteiger charge is 2.18. The van der Waals surface area contributed by atoms with Crippen LogP contribution in [0, 0.1) is 6.92 Å². The van der Waals surface area contributed by atoms with E-state index >= 15 is 0 Å². The Balaban J connectivity index is 2.08. The second kappa shape index (κ2) is 8.31. The van der Waals surface area contributed by atoms with Gasteiger partial charge in [-0.1, -0.05) is 24.3 Å². The molecule has 0 bridgehead atoms. The fourth-order valence-corrected chi connectivity index (χ4v) is 3.15. The molecule has 1 aromatic carbocycles. The van der Waals surface area contributed by atoms with Crippen LogP contribution in [0.15, 0.2) is 36.5 Å². The van der Waals surface area contributed by atoms with Crippen LogP contribution in [0.3, 0.4) is 0 Å². The van der Waals surface area contributed by atoms with Crippen molar-refractivity contribution >= 4 is 16.9 Å². The summed E-state index contributed by atoms with van der Waals surface area (Å²) in [6, 6.07) is 10.1. The van der Waals surface area contributed by atoms with E-state index in [1.807, 2.05) is 41.9 Å². The fourth-order valence-electron chi connectivity index (χ4n) is 3.15. The molecule has 0 unspecified atom stereocenters. The van der Waals surface area contributed by atoms with Gasteiger partial charge in [-0.15, -0.1) is 0 Å². The Morgan fingerprint density at radius 2 is 2.04 bits per heavy atom. The van der Waals surface area contributed by atoms with Gasteiger partial charge in [0.25, 0.3) is 5.91 Å². The number of aryl methyl sites for hydroxylation is 1. The molecule has 142 valence electrons. The van der Waals surface area contributed by atoms with Crippen LogP contribution >= 0.6 is 0 Å². The molecule has 2 heterocycles. The van der Waals surface area contributed by atoms with Crippen molar-refractivity contribution in [2.75, 3.05) is 13.1 Å². The molecule has 6 nitrogen and oxygen atoms in total. The molecule has 0 radical (unpaired) electrons. The third-order valence-electron chi connectivity index (χ3n) is 4.64. The number of hydrogen-bond donors (Lipinski definition) is 2. The summed E-state index contributed by atoms with van der Waals surface area (Å²) in [7, 11) is 0. The molecule has 0 aliphatic heterocycles. The minimum Gasteiger partial charge on any atom is -0.352 e. The first-order valence-electron chi connectivity index (χ1n) is 9.45. The van der Waals surface area contributed by atoms with Gasteiger partial charge in [0, 0.05) is 18.2 Å². The summed E-state index contributed by atoms with van der Waals surface area (Å²) >= 11 is 0. The number of benzene rings is 1. The van der Waals surface area contributed by atoms with Crippen molar-refractivity contribution in [1.82, 2.24) is 20.1 Å². The first-order valence-corrected chi connectivity index (χ1v) is 9.45. The topological polar surface area (TPSA) is 85.8 Å². The van der Waals surface area contributed by atoms with Crippen molar-refractivity contribution in [3.05, 3.63) is 47.7 Å². The smallest absolute Gasteiger partial charge is 0.252 e. The van der Waals surface area contributed by atoms with Gasteiger partial charge in [-0.2, -0.15) is 5.10 Å². The molecule has 2 aromatic heterocycles. The largest absolute Gasteiger partial charge is 0.352 e. The number of hydrogen-bond acceptors (Lipinski definition) is 4. The molecule has 0 saturated heterocycles. The molecule has 3 N–H and O–H groups in total. The molecule has 3 rings (SSSR count). The Bertz CT molecular complexity index is 945. The number of unbranched alkanes of at least 4 members (excludes halogenated alkanes) is 1. The summed E-state index contributed by atoms with van der Waals surface area (Å²) in [5, 5.41) is 8.24. The van der Waals surface area contributed by atoms with Crippen LogP contribution in [0.2, 0.25) is 0 Å². The van der Waals surface area contributed by atoms with E-state index in [0.29, 0.717) is 18.7 Å². The van der Waals surface area contributed by atoms with E-state index in [1.54, 1.807) is 6.20 Å². The summed E-state index contributed by atoms with van der Waals surface area (Å²) in [6.07, 6.45) is 3.50. The van der Waals surface area contributed by atoms with E-state index in [2.05, 4.69) is 24.3 Å². The van der Waals surface area contributed by atoms with E-state index in [-0.39, 0.29) is 11.9 Å². The Hall–Kier alpha value is -2.73. The standard InChI is InChI=1S/C21H27N5O/c1-14(2)26-20-18(13-24-26)17(21(27)23-11-7-6-10-22)12-19(25-20)16-9-5-4-8-15(16)3/h4-5,8-9,12-14H,6-7,10-11,22H2,1-3H3,(H,23,27). The molecule has 0 aliphatic rings. The van der Waals surface area contributed by atoms with E-state index in [9.17, 15) is 4.79 Å². The lowest BCUT2D eigenvalue weighted by Gasteiger charge is -2.12. The number of aromatic nitrogens is 3. The maximum atomic E-state index is 12.9. The van der Waals surface area contributed by atoms with Gasteiger partial charge in [0.15, 0.2) is 5.65 Å². The molecule has 27 heavy (non-hydrogen) atoms. The van der Waals surface area contributed by atoms with Crippen molar-refractivity contribution in [2.24, 2.45) is 5.73 Å². The number of nitrogens with zero attached hydrogens (tertiary/aromatic N) is 3. The number of pyridine rings is 1. The van der Waals surface area contributed by atoms with Crippen molar-refractivity contribution in [3.8, 4) is 11.3 Å². The van der Waals surface area contributed by atoms with Crippen molar-refractivity contribution in [3.63, 3.8) is 0 Å². The maximum Gasteiger partial charge on any atom is 0.252 e. The van der Waals surface area contributed by atoms with Gasteiger partial charge in [-0.25, -0.2) is 9.67 Å². The Kier molecular flexibility index (Phi) is 5.86. The van der Waals surface area contributed by atoms with E-state index in [4.69, 9.17) is 10.7 Å². The highest BCUT2D eigenvalue weighted by Crippen LogP contribution is 2.28. The lowest BCUT2D eigenvalue weighted by Crippen LogP contribution is -2.25. The molecule has 3 aromatic rings. The maximum absolute atomic E-state index is 12.9. The molecular weight excluding hydrogens is 338 g/mol. The number of carbonyl (C=O) groups is 1. The van der Waals surface area contributed by atoms with Gasteiger partial charge in [0.2, 0.25) is 0 Å². The van der Waals surface area contributed by atoms with E-state index in [0.717, 1.165) is 40.7 Å². The van der Waals surface area contributed by atoms with Crippen LogP contribution in [0.1, 0.15) is 48.7 Å². The van der Waals surface area contributed by atoms with Crippen molar-refractivity contribution < 1.29 is 4.79 Å². The van der Waals surface area contributed by atoms with Gasteiger partial charge in [0.05, 0.1) is 22.8 Å². The molecule has 1 amide bonds. The van der Waals surface area contributed by atoms with Gasteiger partial charge in [-0.05, 0) is 51.8 Å². The van der Waals surface area contributed by atoms with Gasteiger partial charge < -0.3 is 11.1 Å². The second-order valence-corrected chi connectivity index (χ2v) is 7.04. The number of fused-ring (bicyclic) bond motifs is 1. The summed E-state index contributed by atoms with van der Waals surface area (Å²) < 4.78 is 1.86. The zero-order valence-corrected chi connectivity index (χ0v) is 16.2. The van der Waals surface area contributed by atoms with Gasteiger partial charge >= 0.3 is 0 Å². The third-order valence-corrected chi connectivity index (χ3v) is 4.64. The highest BCUT2D eigenvalue weighted by atomic mass is 16.1. The van der Waals surface area contributed by atoms with Gasteiger partial charge in [-0.3, -0.25) is 4.79 Å². The zero-order chi connectivity index (χ0) is 19.4. The normalized spacial score (nSPS) is 11.3. The molecule has 0 spiro atoms. The molecule has 0 atom stereocenters. The average Bonchev–Trinajstić information content (AvgIpc) is 3.09. The quantitative estimate of drug-likeness (QED) is 0.628. The fraction of sp³-hybridized carbons (Fsp3) is 0.381. The lowest BCUT2D eigenvalue weighted by atomic mass is 10.0. The predicted octanol–water partition coefficient (Wildman–Crippen LogP) is 3.46. The summed E-state index contributed by atoms with van der Waals surface area (Å²) in [6.45, 7) is 7.40. The lowest BCUT2D eigenvalue weighted by molar-refractivity contribution is 0.0954. The SMILES string of the molecule is Cc1ccccc1-c1cc(C(=O)NCCCCN)c2cnn(C(C)C)c2n1. The predicted molar refractivity (Wildman–Crippen MR) is 109 cm³/mol. The Morgan fingerprint density at radius 1 is 1.26 bits per heavy atom. The van der Waals surface area contributed by atoms with Crippen molar-refractivity contribution in [2.45, 2.75) is 39.7 Å². The van der Waals surface area contributed by atoms with Crippen molar-refractivity contribution in [1.29, 1.82) is 0 Å². The molecule has 0 saturated carbocycles. The first-order chi connectivity index (χ1) is 13.0. The number of nitrogens with one attached hydrogen (secondary N) is 1.